The second kappa shape index (κ2) is 9.24. The largest absolute Gasteiger partial charge is 0.492 e. The molecule has 1 heterocycles. The molecule has 1 fully saturated rings. The molecule has 1 aliphatic heterocycles. The van der Waals surface area contributed by atoms with Gasteiger partial charge in [0, 0.05) is 18.2 Å². The summed E-state index contributed by atoms with van der Waals surface area (Å²) in [4.78, 5) is 4.73. The first-order valence-electron chi connectivity index (χ1n) is 9.00. The van der Waals surface area contributed by atoms with E-state index in [1.54, 1.807) is 12.1 Å². The van der Waals surface area contributed by atoms with Gasteiger partial charge in [-0.1, -0.05) is 13.8 Å². The van der Waals surface area contributed by atoms with Crippen LogP contribution in [0.5, 0.6) is 5.75 Å². The minimum atomic E-state index is -0.175. The molecule has 1 aromatic carbocycles. The van der Waals surface area contributed by atoms with Crippen molar-refractivity contribution in [1.29, 1.82) is 0 Å². The number of hydrogen-bond acceptors (Lipinski definition) is 3. The van der Waals surface area contributed by atoms with E-state index in [1.165, 1.54) is 6.07 Å². The first-order chi connectivity index (χ1) is 11.2. The molecule has 1 aliphatic rings. The molecule has 3 nitrogen and oxygen atoms in total. The third-order valence-corrected chi connectivity index (χ3v) is 4.60. The van der Waals surface area contributed by atoms with Crippen LogP contribution in [0.2, 0.25) is 0 Å². The molecule has 0 amide bonds. The molecule has 1 atom stereocenters. The molecule has 1 unspecified atom stereocenters. The summed E-state index contributed by atoms with van der Waals surface area (Å²) in [5, 5.41) is 0. The van der Waals surface area contributed by atoms with Gasteiger partial charge in [0.1, 0.15) is 18.2 Å². The van der Waals surface area contributed by atoms with Crippen LogP contribution < -0.4 is 4.74 Å². The van der Waals surface area contributed by atoms with Crippen molar-refractivity contribution in [1.82, 2.24) is 9.80 Å². The van der Waals surface area contributed by atoms with Crippen molar-refractivity contribution in [3.8, 4) is 5.75 Å². The zero-order valence-corrected chi connectivity index (χ0v) is 14.9. The van der Waals surface area contributed by atoms with Gasteiger partial charge in [-0.25, -0.2) is 4.39 Å². The summed E-state index contributed by atoms with van der Waals surface area (Å²) in [6.07, 6.45) is 4.56. The van der Waals surface area contributed by atoms with Gasteiger partial charge in [-0.2, -0.15) is 0 Å². The van der Waals surface area contributed by atoms with E-state index in [-0.39, 0.29) is 11.9 Å². The molecule has 1 aromatic rings. The smallest absolute Gasteiger partial charge is 0.124 e. The van der Waals surface area contributed by atoms with Gasteiger partial charge in [0.05, 0.1) is 0 Å². The summed E-state index contributed by atoms with van der Waals surface area (Å²) in [7, 11) is 2.11. The zero-order valence-electron chi connectivity index (χ0n) is 14.9. The van der Waals surface area contributed by atoms with E-state index in [4.69, 9.17) is 4.74 Å². The van der Waals surface area contributed by atoms with E-state index in [2.05, 4.69) is 30.7 Å². The monoisotopic (exact) mass is 322 g/mol. The first kappa shape index (κ1) is 18.2. The van der Waals surface area contributed by atoms with Crippen LogP contribution in [-0.2, 0) is 0 Å². The lowest BCUT2D eigenvalue weighted by Crippen LogP contribution is -2.30. The Bertz CT molecular complexity index is 474. The topological polar surface area (TPSA) is 15.7 Å². The lowest BCUT2D eigenvalue weighted by atomic mass is 10.0. The van der Waals surface area contributed by atoms with Crippen molar-refractivity contribution >= 4 is 0 Å². The molecule has 0 aliphatic carbocycles. The number of benzene rings is 1. The Kier molecular flexibility index (Phi) is 7.31. The molecule has 0 saturated carbocycles. The van der Waals surface area contributed by atoms with Crippen molar-refractivity contribution in [2.75, 3.05) is 39.8 Å². The summed E-state index contributed by atoms with van der Waals surface area (Å²) in [5.74, 6) is 0.671. The van der Waals surface area contributed by atoms with E-state index in [9.17, 15) is 4.39 Å². The van der Waals surface area contributed by atoms with Gasteiger partial charge in [-0.3, -0.25) is 9.80 Å². The third kappa shape index (κ3) is 5.18. The van der Waals surface area contributed by atoms with Crippen molar-refractivity contribution in [3.63, 3.8) is 0 Å². The van der Waals surface area contributed by atoms with Crippen LogP contribution in [0.1, 0.15) is 51.1 Å². The highest BCUT2D eigenvalue weighted by molar-refractivity contribution is 5.37. The van der Waals surface area contributed by atoms with Crippen LogP contribution in [0, 0.1) is 5.82 Å². The molecular formula is C19H31FN2O. The molecular weight excluding hydrogens is 291 g/mol. The van der Waals surface area contributed by atoms with E-state index < -0.39 is 0 Å². The first-order valence-corrected chi connectivity index (χ1v) is 9.00. The lowest BCUT2D eigenvalue weighted by molar-refractivity contribution is 0.205. The van der Waals surface area contributed by atoms with Gasteiger partial charge in [0.2, 0.25) is 0 Å². The highest BCUT2D eigenvalue weighted by atomic mass is 19.1. The Hall–Kier alpha value is -1.13. The highest BCUT2D eigenvalue weighted by Crippen LogP contribution is 2.36. The molecule has 4 heteroatoms. The molecule has 2 rings (SSSR count). The summed E-state index contributed by atoms with van der Waals surface area (Å²) in [6.45, 7) is 9.29. The molecule has 0 aromatic heterocycles. The quantitative estimate of drug-likeness (QED) is 0.681. The summed E-state index contributed by atoms with van der Waals surface area (Å²) >= 11 is 0. The van der Waals surface area contributed by atoms with Crippen molar-refractivity contribution in [2.45, 2.75) is 45.6 Å². The van der Waals surface area contributed by atoms with Gasteiger partial charge in [-0.15, -0.1) is 0 Å². The van der Waals surface area contributed by atoms with Crippen LogP contribution in [0.15, 0.2) is 18.2 Å². The number of ether oxygens (including phenoxy) is 1. The van der Waals surface area contributed by atoms with E-state index >= 15 is 0 Å². The minimum Gasteiger partial charge on any atom is -0.492 e. The van der Waals surface area contributed by atoms with Gasteiger partial charge in [0.15, 0.2) is 0 Å². The van der Waals surface area contributed by atoms with Crippen LogP contribution in [0.25, 0.3) is 0 Å². The molecule has 23 heavy (non-hydrogen) atoms. The van der Waals surface area contributed by atoms with Crippen molar-refractivity contribution in [2.24, 2.45) is 0 Å². The number of likely N-dealkylation sites (tertiary alicyclic amines) is 1. The molecule has 0 radical (unpaired) electrons. The average Bonchev–Trinajstić information content (AvgIpc) is 2.95. The number of nitrogens with zero attached hydrogens (tertiary/aromatic N) is 2. The molecule has 1 saturated heterocycles. The van der Waals surface area contributed by atoms with Crippen LogP contribution in [0.4, 0.5) is 4.39 Å². The van der Waals surface area contributed by atoms with Crippen LogP contribution in [0.3, 0.4) is 0 Å². The van der Waals surface area contributed by atoms with E-state index in [1.807, 2.05) is 0 Å². The molecule has 130 valence electrons. The maximum Gasteiger partial charge on any atom is 0.124 e. The standard InChI is InChI=1S/C19H31FN2O/c1-4-10-22(11-5-2)13-14-23-19-9-8-16(20)15-17(19)18-7-6-12-21(18)3/h8-9,15,18H,4-7,10-14H2,1-3H3. The number of rotatable bonds is 9. The fourth-order valence-corrected chi connectivity index (χ4v) is 3.47. The lowest BCUT2D eigenvalue weighted by Gasteiger charge is -2.24. The Balaban J connectivity index is 1.99. The van der Waals surface area contributed by atoms with Gasteiger partial charge < -0.3 is 4.74 Å². The average molecular weight is 322 g/mol. The summed E-state index contributed by atoms with van der Waals surface area (Å²) < 4.78 is 19.7. The molecule has 0 N–H and O–H groups in total. The van der Waals surface area contributed by atoms with E-state index in [0.29, 0.717) is 6.61 Å². The highest BCUT2D eigenvalue weighted by Gasteiger charge is 2.25. The van der Waals surface area contributed by atoms with E-state index in [0.717, 1.165) is 63.2 Å². The van der Waals surface area contributed by atoms with Gasteiger partial charge >= 0.3 is 0 Å². The Morgan fingerprint density at radius 1 is 1.22 bits per heavy atom. The number of halogens is 1. The Morgan fingerprint density at radius 3 is 2.57 bits per heavy atom. The zero-order chi connectivity index (χ0) is 16.7. The Labute approximate surface area is 140 Å². The normalized spacial score (nSPS) is 18.7. The fraction of sp³-hybridized carbons (Fsp3) is 0.684. The predicted octanol–water partition coefficient (Wildman–Crippen LogP) is 4.09. The van der Waals surface area contributed by atoms with Crippen molar-refractivity contribution < 1.29 is 9.13 Å². The van der Waals surface area contributed by atoms with Crippen molar-refractivity contribution in [3.05, 3.63) is 29.6 Å². The van der Waals surface area contributed by atoms with Gasteiger partial charge in [-0.05, 0) is 70.6 Å². The summed E-state index contributed by atoms with van der Waals surface area (Å²) in [6, 6.07) is 5.23. The molecule has 0 spiro atoms. The van der Waals surface area contributed by atoms with Gasteiger partial charge in [0.25, 0.3) is 0 Å². The second-order valence-electron chi connectivity index (χ2n) is 6.51. The maximum absolute atomic E-state index is 13.7. The molecule has 0 bridgehead atoms. The number of hydrogen-bond donors (Lipinski definition) is 0. The second-order valence-corrected chi connectivity index (χ2v) is 6.51. The third-order valence-electron chi connectivity index (χ3n) is 4.60. The SMILES string of the molecule is CCCN(CCC)CCOc1ccc(F)cc1C1CCCN1C. The minimum absolute atomic E-state index is 0.175. The maximum atomic E-state index is 13.7. The van der Waals surface area contributed by atoms with Crippen LogP contribution in [-0.4, -0.2) is 49.6 Å². The van der Waals surface area contributed by atoms with Crippen LogP contribution >= 0.6 is 0 Å². The predicted molar refractivity (Wildman–Crippen MR) is 93.5 cm³/mol. The Morgan fingerprint density at radius 2 is 1.96 bits per heavy atom. The summed E-state index contributed by atoms with van der Waals surface area (Å²) in [5.41, 5.74) is 1.00. The fourth-order valence-electron chi connectivity index (χ4n) is 3.47.